The third-order valence-corrected chi connectivity index (χ3v) is 3.92. The highest BCUT2D eigenvalue weighted by Gasteiger charge is 2.33. The predicted octanol–water partition coefficient (Wildman–Crippen LogP) is 2.65. The Morgan fingerprint density at radius 3 is 2.60 bits per heavy atom. The van der Waals surface area contributed by atoms with Crippen molar-refractivity contribution in [1.29, 1.82) is 0 Å². The fourth-order valence-corrected chi connectivity index (χ4v) is 2.94. The first-order valence-corrected chi connectivity index (χ1v) is 6.99. The number of benzene rings is 1. The third kappa shape index (κ3) is 1.93. The number of hydrogen-bond donors (Lipinski definition) is 1. The van der Waals surface area contributed by atoms with Crippen molar-refractivity contribution in [3.05, 3.63) is 48.3 Å². The normalized spacial score (nSPS) is 17.4. The lowest BCUT2D eigenvalue weighted by molar-refractivity contribution is 0.674. The zero-order valence-electron chi connectivity index (χ0n) is 12.0. The molecule has 0 fully saturated rings. The van der Waals surface area contributed by atoms with Gasteiger partial charge in [0.2, 0.25) is 0 Å². The molecule has 0 bridgehead atoms. The Morgan fingerprint density at radius 2 is 1.90 bits per heavy atom. The van der Waals surface area contributed by atoms with Crippen LogP contribution in [0.1, 0.15) is 12.5 Å². The molecule has 0 unspecified atom stereocenters. The Morgan fingerprint density at radius 1 is 1.15 bits per heavy atom. The predicted molar refractivity (Wildman–Crippen MR) is 83.4 cm³/mol. The van der Waals surface area contributed by atoms with Crippen LogP contribution in [-0.4, -0.2) is 24.2 Å². The van der Waals surface area contributed by atoms with Gasteiger partial charge in [0.05, 0.1) is 23.3 Å². The fraction of sp³-hybridized carbons (Fsp3) is 0.312. The van der Waals surface area contributed by atoms with E-state index >= 15 is 0 Å². The standard InChI is InChI=1S/C16H20N4/c1-12-7-9-18-11-16(12)20-13(2)19(10-8-17)14-5-3-4-6-15(14)20/h3-7,9,11,13H,8,10,17H2,1-2H3/t13-/m0/s1. The molecule has 1 aromatic carbocycles. The van der Waals surface area contributed by atoms with Crippen LogP contribution in [0.4, 0.5) is 17.1 Å². The first-order valence-electron chi connectivity index (χ1n) is 6.99. The number of aryl methyl sites for hydroxylation is 1. The summed E-state index contributed by atoms with van der Waals surface area (Å²) in [5.41, 5.74) is 10.6. The SMILES string of the molecule is Cc1ccncc1N1c2ccccc2N(CCN)[C@@H]1C. The smallest absolute Gasteiger partial charge is 0.104 e. The molecular weight excluding hydrogens is 248 g/mol. The molecule has 0 aliphatic carbocycles. The maximum atomic E-state index is 5.77. The van der Waals surface area contributed by atoms with Gasteiger partial charge in [-0.25, -0.2) is 0 Å². The number of rotatable bonds is 3. The second kappa shape index (κ2) is 5.13. The number of aromatic nitrogens is 1. The highest BCUT2D eigenvalue weighted by atomic mass is 15.4. The van der Waals surface area contributed by atoms with Crippen molar-refractivity contribution in [2.45, 2.75) is 20.0 Å². The van der Waals surface area contributed by atoms with Crippen LogP contribution in [-0.2, 0) is 0 Å². The summed E-state index contributed by atoms with van der Waals surface area (Å²) in [7, 11) is 0. The fourth-order valence-electron chi connectivity index (χ4n) is 2.94. The minimum atomic E-state index is 0.249. The summed E-state index contributed by atoms with van der Waals surface area (Å²) in [6, 6.07) is 10.5. The molecule has 0 radical (unpaired) electrons. The minimum absolute atomic E-state index is 0.249. The van der Waals surface area contributed by atoms with Crippen molar-refractivity contribution < 1.29 is 0 Å². The lowest BCUT2D eigenvalue weighted by Gasteiger charge is -2.30. The molecular formula is C16H20N4. The highest BCUT2D eigenvalue weighted by molar-refractivity contribution is 5.84. The van der Waals surface area contributed by atoms with Crippen LogP contribution in [0, 0.1) is 6.92 Å². The molecule has 1 aliphatic heterocycles. The van der Waals surface area contributed by atoms with E-state index in [2.05, 4.69) is 59.0 Å². The molecule has 4 nitrogen and oxygen atoms in total. The molecule has 0 spiro atoms. The molecule has 104 valence electrons. The van der Waals surface area contributed by atoms with Gasteiger partial charge < -0.3 is 15.5 Å². The highest BCUT2D eigenvalue weighted by Crippen LogP contribution is 2.44. The number of anilines is 3. The van der Waals surface area contributed by atoms with Crippen molar-refractivity contribution in [2.75, 3.05) is 22.9 Å². The van der Waals surface area contributed by atoms with Crippen LogP contribution in [0.2, 0.25) is 0 Å². The van der Waals surface area contributed by atoms with Gasteiger partial charge in [-0.2, -0.15) is 0 Å². The molecule has 1 aromatic heterocycles. The molecule has 3 rings (SSSR count). The number of pyridine rings is 1. The van der Waals surface area contributed by atoms with Crippen LogP contribution in [0.3, 0.4) is 0 Å². The van der Waals surface area contributed by atoms with Crippen molar-refractivity contribution in [2.24, 2.45) is 5.73 Å². The number of nitrogens with zero attached hydrogens (tertiary/aromatic N) is 3. The van der Waals surface area contributed by atoms with E-state index in [0.717, 1.165) is 12.2 Å². The Hall–Kier alpha value is -2.07. The largest absolute Gasteiger partial charge is 0.348 e. The average molecular weight is 268 g/mol. The van der Waals surface area contributed by atoms with E-state index in [1.807, 2.05) is 12.4 Å². The lowest BCUT2D eigenvalue weighted by Crippen LogP contribution is -2.41. The van der Waals surface area contributed by atoms with Crippen molar-refractivity contribution in [1.82, 2.24) is 4.98 Å². The van der Waals surface area contributed by atoms with Gasteiger partial charge in [-0.1, -0.05) is 12.1 Å². The summed E-state index contributed by atoms with van der Waals surface area (Å²) < 4.78 is 0. The van der Waals surface area contributed by atoms with E-state index in [4.69, 9.17) is 5.73 Å². The van der Waals surface area contributed by atoms with Gasteiger partial charge in [0.1, 0.15) is 6.17 Å². The van der Waals surface area contributed by atoms with Crippen LogP contribution < -0.4 is 15.5 Å². The van der Waals surface area contributed by atoms with E-state index in [1.54, 1.807) is 0 Å². The zero-order valence-corrected chi connectivity index (χ0v) is 12.0. The monoisotopic (exact) mass is 268 g/mol. The van der Waals surface area contributed by atoms with Gasteiger partial charge in [-0.15, -0.1) is 0 Å². The molecule has 0 saturated carbocycles. The summed E-state index contributed by atoms with van der Waals surface area (Å²) >= 11 is 0. The van der Waals surface area contributed by atoms with Gasteiger partial charge >= 0.3 is 0 Å². The quantitative estimate of drug-likeness (QED) is 0.929. The van der Waals surface area contributed by atoms with E-state index in [0.29, 0.717) is 6.54 Å². The first kappa shape index (κ1) is 12.9. The van der Waals surface area contributed by atoms with Crippen molar-refractivity contribution >= 4 is 17.1 Å². The van der Waals surface area contributed by atoms with Crippen molar-refractivity contribution in [3.63, 3.8) is 0 Å². The van der Waals surface area contributed by atoms with Crippen LogP contribution >= 0.6 is 0 Å². The molecule has 1 aliphatic rings. The molecule has 0 saturated heterocycles. The second-order valence-corrected chi connectivity index (χ2v) is 5.13. The minimum Gasteiger partial charge on any atom is -0.348 e. The maximum Gasteiger partial charge on any atom is 0.104 e. The second-order valence-electron chi connectivity index (χ2n) is 5.13. The summed E-state index contributed by atoms with van der Waals surface area (Å²) in [6.45, 7) is 5.84. The van der Waals surface area contributed by atoms with Gasteiger partial charge in [0, 0.05) is 19.3 Å². The maximum absolute atomic E-state index is 5.77. The Labute approximate surface area is 119 Å². The van der Waals surface area contributed by atoms with E-state index in [1.165, 1.54) is 16.9 Å². The van der Waals surface area contributed by atoms with Gasteiger partial charge in [0.15, 0.2) is 0 Å². The third-order valence-electron chi connectivity index (χ3n) is 3.92. The number of para-hydroxylation sites is 2. The molecule has 20 heavy (non-hydrogen) atoms. The molecule has 2 aromatic rings. The summed E-state index contributed by atoms with van der Waals surface area (Å²) in [5.74, 6) is 0. The summed E-state index contributed by atoms with van der Waals surface area (Å²) in [4.78, 5) is 8.97. The summed E-state index contributed by atoms with van der Waals surface area (Å²) in [5, 5.41) is 0. The Kier molecular flexibility index (Phi) is 3.32. The van der Waals surface area contributed by atoms with E-state index in [9.17, 15) is 0 Å². The van der Waals surface area contributed by atoms with Gasteiger partial charge in [-0.3, -0.25) is 4.98 Å². The molecule has 0 amide bonds. The first-order chi connectivity index (χ1) is 9.74. The van der Waals surface area contributed by atoms with Crippen LogP contribution in [0.25, 0.3) is 0 Å². The number of fused-ring (bicyclic) bond motifs is 1. The van der Waals surface area contributed by atoms with Crippen molar-refractivity contribution in [3.8, 4) is 0 Å². The lowest BCUT2D eigenvalue weighted by atomic mass is 10.2. The number of hydrogen-bond acceptors (Lipinski definition) is 4. The number of nitrogens with two attached hydrogens (primary N) is 1. The Bertz CT molecular complexity index is 611. The topological polar surface area (TPSA) is 45.4 Å². The van der Waals surface area contributed by atoms with Gasteiger partial charge in [-0.05, 0) is 37.6 Å². The van der Waals surface area contributed by atoms with Crippen LogP contribution in [0.15, 0.2) is 42.7 Å². The molecule has 1 atom stereocenters. The van der Waals surface area contributed by atoms with E-state index in [-0.39, 0.29) is 6.17 Å². The van der Waals surface area contributed by atoms with Crippen LogP contribution in [0.5, 0.6) is 0 Å². The average Bonchev–Trinajstić information content (AvgIpc) is 2.73. The molecule has 2 heterocycles. The van der Waals surface area contributed by atoms with Gasteiger partial charge in [0.25, 0.3) is 0 Å². The summed E-state index contributed by atoms with van der Waals surface area (Å²) in [6.07, 6.45) is 4.02. The molecule has 4 heteroatoms. The van der Waals surface area contributed by atoms with E-state index < -0.39 is 0 Å². The zero-order chi connectivity index (χ0) is 14.1. The Balaban J connectivity index is 2.11. The molecule has 2 N–H and O–H groups in total.